The summed E-state index contributed by atoms with van der Waals surface area (Å²) in [5.41, 5.74) is 5.00. The standard InChI is InChI=1S/C8H15NO2/c1-8(2)6(10)5-7(8)11-4-3-9/h7H,3-5,9H2,1-2H3/t7-/m0/s1. The van der Waals surface area contributed by atoms with Crippen LogP contribution in [0.25, 0.3) is 0 Å². The molecule has 0 radical (unpaired) electrons. The monoisotopic (exact) mass is 157 g/mol. The minimum atomic E-state index is -0.269. The van der Waals surface area contributed by atoms with E-state index in [0.717, 1.165) is 0 Å². The van der Waals surface area contributed by atoms with Gasteiger partial charge in [0.2, 0.25) is 0 Å². The quantitative estimate of drug-likeness (QED) is 0.642. The molecule has 0 spiro atoms. The molecular formula is C8H15NO2. The molecule has 0 aromatic rings. The smallest absolute Gasteiger partial charge is 0.143 e. The van der Waals surface area contributed by atoms with Crippen LogP contribution in [-0.4, -0.2) is 25.0 Å². The Bertz CT molecular complexity index is 165. The summed E-state index contributed by atoms with van der Waals surface area (Å²) in [5.74, 6) is 0.291. The minimum Gasteiger partial charge on any atom is -0.375 e. The van der Waals surface area contributed by atoms with E-state index in [4.69, 9.17) is 10.5 Å². The molecule has 1 saturated carbocycles. The lowest BCUT2D eigenvalue weighted by molar-refractivity contribution is -0.157. The van der Waals surface area contributed by atoms with Gasteiger partial charge in [0.1, 0.15) is 5.78 Å². The number of ether oxygens (including phenoxy) is 1. The lowest BCUT2D eigenvalue weighted by atomic mass is 9.68. The highest BCUT2D eigenvalue weighted by Crippen LogP contribution is 2.38. The van der Waals surface area contributed by atoms with Crippen molar-refractivity contribution in [2.45, 2.75) is 26.4 Å². The highest BCUT2D eigenvalue weighted by molar-refractivity contribution is 5.91. The molecule has 0 aromatic carbocycles. The van der Waals surface area contributed by atoms with Gasteiger partial charge in [-0.25, -0.2) is 0 Å². The van der Waals surface area contributed by atoms with Crippen LogP contribution in [0.3, 0.4) is 0 Å². The molecule has 3 nitrogen and oxygen atoms in total. The molecule has 1 aliphatic rings. The van der Waals surface area contributed by atoms with Gasteiger partial charge < -0.3 is 10.5 Å². The SMILES string of the molecule is CC1(C)C(=O)C[C@@H]1OCCN. The number of hydrogen-bond acceptors (Lipinski definition) is 3. The first-order valence-electron chi connectivity index (χ1n) is 3.94. The predicted molar refractivity (Wildman–Crippen MR) is 42.2 cm³/mol. The summed E-state index contributed by atoms with van der Waals surface area (Å²) in [4.78, 5) is 11.0. The molecule has 11 heavy (non-hydrogen) atoms. The van der Waals surface area contributed by atoms with Crippen molar-refractivity contribution in [1.82, 2.24) is 0 Å². The normalized spacial score (nSPS) is 28.3. The zero-order chi connectivity index (χ0) is 8.48. The van der Waals surface area contributed by atoms with E-state index in [2.05, 4.69) is 0 Å². The molecule has 0 heterocycles. The first-order chi connectivity index (χ1) is 5.09. The third kappa shape index (κ3) is 1.44. The van der Waals surface area contributed by atoms with Crippen LogP contribution in [0.2, 0.25) is 0 Å². The fraction of sp³-hybridized carbons (Fsp3) is 0.875. The van der Waals surface area contributed by atoms with E-state index in [1.807, 2.05) is 13.8 Å². The third-order valence-corrected chi connectivity index (χ3v) is 2.33. The number of nitrogens with two attached hydrogens (primary N) is 1. The molecule has 0 aromatic heterocycles. The zero-order valence-electron chi connectivity index (χ0n) is 7.09. The summed E-state index contributed by atoms with van der Waals surface area (Å²) in [7, 11) is 0. The van der Waals surface area contributed by atoms with Crippen molar-refractivity contribution in [2.75, 3.05) is 13.2 Å². The van der Waals surface area contributed by atoms with E-state index in [1.54, 1.807) is 0 Å². The summed E-state index contributed by atoms with van der Waals surface area (Å²) in [5, 5.41) is 0. The van der Waals surface area contributed by atoms with Crippen molar-refractivity contribution in [3.8, 4) is 0 Å². The van der Waals surface area contributed by atoms with E-state index in [0.29, 0.717) is 25.4 Å². The Labute approximate surface area is 66.9 Å². The zero-order valence-corrected chi connectivity index (χ0v) is 7.09. The highest BCUT2D eigenvalue weighted by atomic mass is 16.5. The number of hydrogen-bond donors (Lipinski definition) is 1. The van der Waals surface area contributed by atoms with Gasteiger partial charge in [0, 0.05) is 13.0 Å². The van der Waals surface area contributed by atoms with E-state index < -0.39 is 0 Å². The van der Waals surface area contributed by atoms with Crippen LogP contribution >= 0.6 is 0 Å². The van der Waals surface area contributed by atoms with E-state index in [-0.39, 0.29) is 11.5 Å². The number of carbonyl (C=O) groups excluding carboxylic acids is 1. The summed E-state index contributed by atoms with van der Waals surface area (Å²) >= 11 is 0. The van der Waals surface area contributed by atoms with Gasteiger partial charge in [-0.05, 0) is 0 Å². The predicted octanol–water partition coefficient (Wildman–Crippen LogP) is 0.329. The maximum absolute atomic E-state index is 11.0. The molecule has 64 valence electrons. The molecule has 0 amide bonds. The van der Waals surface area contributed by atoms with Gasteiger partial charge in [0.25, 0.3) is 0 Å². The summed E-state index contributed by atoms with van der Waals surface area (Å²) < 4.78 is 5.37. The van der Waals surface area contributed by atoms with Crippen LogP contribution < -0.4 is 5.73 Å². The first kappa shape index (κ1) is 8.68. The lowest BCUT2D eigenvalue weighted by Crippen LogP contribution is -2.51. The summed E-state index contributed by atoms with van der Waals surface area (Å²) in [6.45, 7) is 4.92. The second-order valence-corrected chi connectivity index (χ2v) is 3.50. The van der Waals surface area contributed by atoms with Gasteiger partial charge in [0.05, 0.1) is 18.1 Å². The highest BCUT2D eigenvalue weighted by Gasteiger charge is 2.47. The van der Waals surface area contributed by atoms with Gasteiger partial charge in [-0.2, -0.15) is 0 Å². The second kappa shape index (κ2) is 2.91. The number of ketones is 1. The molecule has 1 rings (SSSR count). The van der Waals surface area contributed by atoms with Gasteiger partial charge in [-0.15, -0.1) is 0 Å². The topological polar surface area (TPSA) is 52.3 Å². The molecule has 0 aliphatic heterocycles. The lowest BCUT2D eigenvalue weighted by Gasteiger charge is -2.41. The van der Waals surface area contributed by atoms with Gasteiger partial charge in [-0.1, -0.05) is 13.8 Å². The molecule has 3 heteroatoms. The van der Waals surface area contributed by atoms with Crippen molar-refractivity contribution < 1.29 is 9.53 Å². The molecule has 2 N–H and O–H groups in total. The van der Waals surface area contributed by atoms with E-state index in [9.17, 15) is 4.79 Å². The molecule has 1 aliphatic carbocycles. The first-order valence-corrected chi connectivity index (χ1v) is 3.94. The van der Waals surface area contributed by atoms with Crippen LogP contribution in [0.15, 0.2) is 0 Å². The average Bonchev–Trinajstić information content (AvgIpc) is 1.97. The molecule has 1 atom stereocenters. The Morgan fingerprint density at radius 1 is 1.73 bits per heavy atom. The largest absolute Gasteiger partial charge is 0.375 e. The maximum Gasteiger partial charge on any atom is 0.143 e. The molecular weight excluding hydrogens is 142 g/mol. The Morgan fingerprint density at radius 2 is 2.36 bits per heavy atom. The Morgan fingerprint density at radius 3 is 2.73 bits per heavy atom. The van der Waals surface area contributed by atoms with E-state index in [1.165, 1.54) is 0 Å². The van der Waals surface area contributed by atoms with Crippen molar-refractivity contribution in [2.24, 2.45) is 11.1 Å². The van der Waals surface area contributed by atoms with Crippen LogP contribution in [0.1, 0.15) is 20.3 Å². The maximum atomic E-state index is 11.0. The molecule has 0 unspecified atom stereocenters. The Kier molecular flexibility index (Phi) is 2.30. The Hall–Kier alpha value is -0.410. The fourth-order valence-corrected chi connectivity index (χ4v) is 1.21. The van der Waals surface area contributed by atoms with Crippen molar-refractivity contribution >= 4 is 5.78 Å². The molecule has 1 fully saturated rings. The van der Waals surface area contributed by atoms with Crippen molar-refractivity contribution in [3.05, 3.63) is 0 Å². The summed E-state index contributed by atoms with van der Waals surface area (Å²) in [6, 6.07) is 0. The summed E-state index contributed by atoms with van der Waals surface area (Å²) in [6.07, 6.45) is 0.658. The van der Waals surface area contributed by atoms with Gasteiger partial charge in [-0.3, -0.25) is 4.79 Å². The Balaban J connectivity index is 2.34. The third-order valence-electron chi connectivity index (χ3n) is 2.33. The second-order valence-electron chi connectivity index (χ2n) is 3.50. The number of rotatable bonds is 3. The van der Waals surface area contributed by atoms with Gasteiger partial charge in [0.15, 0.2) is 0 Å². The minimum absolute atomic E-state index is 0.0959. The van der Waals surface area contributed by atoms with Crippen molar-refractivity contribution in [1.29, 1.82) is 0 Å². The number of carbonyl (C=O) groups is 1. The van der Waals surface area contributed by atoms with Crippen LogP contribution in [-0.2, 0) is 9.53 Å². The fourth-order valence-electron chi connectivity index (χ4n) is 1.21. The van der Waals surface area contributed by atoms with Gasteiger partial charge >= 0.3 is 0 Å². The van der Waals surface area contributed by atoms with Crippen LogP contribution in [0.5, 0.6) is 0 Å². The number of Topliss-reactive ketones (excluding diaryl/α,β-unsaturated/α-hetero) is 1. The average molecular weight is 157 g/mol. The van der Waals surface area contributed by atoms with E-state index >= 15 is 0 Å². The van der Waals surface area contributed by atoms with Crippen LogP contribution in [0, 0.1) is 5.41 Å². The van der Waals surface area contributed by atoms with Crippen LogP contribution in [0.4, 0.5) is 0 Å². The molecule has 0 saturated heterocycles. The van der Waals surface area contributed by atoms with Crippen molar-refractivity contribution in [3.63, 3.8) is 0 Å². The molecule has 0 bridgehead atoms.